The molecule has 27 heavy (non-hydrogen) atoms. The van der Waals surface area contributed by atoms with Crippen LogP contribution in [0.1, 0.15) is 70.3 Å². The molecular formula is C23H36N2O2. The number of aliphatic hydroxyl groups excluding tert-OH is 1. The minimum absolute atomic E-state index is 0.0363. The van der Waals surface area contributed by atoms with E-state index in [2.05, 4.69) is 44.0 Å². The Morgan fingerprint density at radius 3 is 2.52 bits per heavy atom. The van der Waals surface area contributed by atoms with Crippen LogP contribution in [0.15, 0.2) is 18.2 Å². The maximum Gasteiger partial charge on any atom is 0.180 e. The smallest absolute Gasteiger partial charge is 0.180 e. The van der Waals surface area contributed by atoms with E-state index in [1.165, 1.54) is 12.8 Å². The van der Waals surface area contributed by atoms with Crippen LogP contribution in [0.2, 0.25) is 0 Å². The molecule has 1 aromatic rings. The molecule has 0 saturated heterocycles. The molecule has 0 aliphatic heterocycles. The Morgan fingerprint density at radius 1 is 1.30 bits per heavy atom. The number of fused-ring (bicyclic) bond motifs is 1. The number of benzene rings is 1. The lowest BCUT2D eigenvalue weighted by Gasteiger charge is -2.47. The first-order valence-electron chi connectivity index (χ1n) is 10.4. The molecule has 2 atom stereocenters. The fourth-order valence-electron chi connectivity index (χ4n) is 4.38. The number of nitrogens with zero attached hydrogens (tertiary/aromatic N) is 1. The Labute approximate surface area is 164 Å². The monoisotopic (exact) mass is 372 g/mol. The van der Waals surface area contributed by atoms with E-state index < -0.39 is 5.54 Å². The highest BCUT2D eigenvalue weighted by molar-refractivity contribution is 6.03. The standard InChI is InChI=1S/C23H36N2O2/c1-7-25(13-16-8-9-16)20-15(2)23(5,6)19-12-17(24-22(3,4)14-26)10-11-18(19)21(20)27/h10-12,15-16,20,24,26H,7-9,13-14H2,1-6H3/t15-,20-/m0/s1. The van der Waals surface area contributed by atoms with Crippen LogP contribution in [-0.2, 0) is 5.41 Å². The molecule has 0 unspecified atom stereocenters. The van der Waals surface area contributed by atoms with E-state index in [1.54, 1.807) is 0 Å². The minimum atomic E-state index is -0.394. The van der Waals surface area contributed by atoms with Crippen LogP contribution in [0.3, 0.4) is 0 Å². The molecule has 0 bridgehead atoms. The van der Waals surface area contributed by atoms with Gasteiger partial charge in [0, 0.05) is 17.8 Å². The van der Waals surface area contributed by atoms with Crippen LogP contribution in [0.5, 0.6) is 0 Å². The van der Waals surface area contributed by atoms with Gasteiger partial charge in [-0.25, -0.2) is 0 Å². The Hall–Kier alpha value is -1.39. The Bertz CT molecular complexity index is 706. The van der Waals surface area contributed by atoms with Gasteiger partial charge in [0.25, 0.3) is 0 Å². The summed E-state index contributed by atoms with van der Waals surface area (Å²) in [6.45, 7) is 14.9. The van der Waals surface area contributed by atoms with E-state index >= 15 is 0 Å². The van der Waals surface area contributed by atoms with Crippen LogP contribution in [0.4, 0.5) is 5.69 Å². The summed E-state index contributed by atoms with van der Waals surface area (Å²) >= 11 is 0. The van der Waals surface area contributed by atoms with Crippen molar-refractivity contribution in [1.82, 2.24) is 4.90 Å². The number of carbonyl (C=O) groups is 1. The summed E-state index contributed by atoms with van der Waals surface area (Å²) in [5.74, 6) is 1.30. The molecule has 4 heteroatoms. The summed E-state index contributed by atoms with van der Waals surface area (Å²) in [5, 5.41) is 13.0. The number of Topliss-reactive ketones (excluding diaryl/α,β-unsaturated/α-hetero) is 1. The van der Waals surface area contributed by atoms with Crippen molar-refractivity contribution in [2.75, 3.05) is 25.0 Å². The van der Waals surface area contributed by atoms with Crippen LogP contribution >= 0.6 is 0 Å². The molecule has 1 saturated carbocycles. The van der Waals surface area contributed by atoms with E-state index in [0.29, 0.717) is 0 Å². The van der Waals surface area contributed by atoms with Gasteiger partial charge in [-0.3, -0.25) is 9.69 Å². The Morgan fingerprint density at radius 2 is 1.96 bits per heavy atom. The van der Waals surface area contributed by atoms with Crippen LogP contribution < -0.4 is 5.32 Å². The van der Waals surface area contributed by atoms with Gasteiger partial charge in [0.15, 0.2) is 5.78 Å². The molecule has 0 radical (unpaired) electrons. The number of hydrogen-bond donors (Lipinski definition) is 2. The van der Waals surface area contributed by atoms with Gasteiger partial charge in [0.1, 0.15) is 0 Å². The third-order valence-corrected chi connectivity index (χ3v) is 6.73. The second kappa shape index (κ2) is 7.21. The van der Waals surface area contributed by atoms with Crippen molar-refractivity contribution in [3.05, 3.63) is 29.3 Å². The van der Waals surface area contributed by atoms with E-state index in [-0.39, 0.29) is 29.8 Å². The first-order chi connectivity index (χ1) is 12.6. The lowest BCUT2D eigenvalue weighted by Crippen LogP contribution is -2.55. The van der Waals surface area contributed by atoms with Crippen molar-refractivity contribution in [3.8, 4) is 0 Å². The number of ketones is 1. The predicted molar refractivity (Wildman–Crippen MR) is 112 cm³/mol. The molecule has 2 N–H and O–H groups in total. The number of carbonyl (C=O) groups excluding carboxylic acids is 1. The van der Waals surface area contributed by atoms with Gasteiger partial charge >= 0.3 is 0 Å². The van der Waals surface area contributed by atoms with E-state index in [1.807, 2.05) is 26.0 Å². The Kier molecular flexibility index (Phi) is 5.44. The zero-order valence-electron chi connectivity index (χ0n) is 17.8. The van der Waals surface area contributed by atoms with Gasteiger partial charge in [0.2, 0.25) is 0 Å². The number of aliphatic hydroxyl groups is 1. The van der Waals surface area contributed by atoms with Gasteiger partial charge in [-0.05, 0) is 74.2 Å². The molecule has 0 heterocycles. The summed E-state index contributed by atoms with van der Waals surface area (Å²) < 4.78 is 0. The summed E-state index contributed by atoms with van der Waals surface area (Å²) in [4.78, 5) is 15.9. The molecule has 1 fully saturated rings. The number of anilines is 1. The second-order valence-electron chi connectivity index (χ2n) is 9.78. The van der Waals surface area contributed by atoms with Gasteiger partial charge in [-0.1, -0.05) is 27.7 Å². The van der Waals surface area contributed by atoms with Crippen molar-refractivity contribution < 1.29 is 9.90 Å². The topological polar surface area (TPSA) is 52.6 Å². The van der Waals surface area contributed by atoms with Gasteiger partial charge in [-0.2, -0.15) is 0 Å². The molecule has 150 valence electrons. The summed E-state index contributed by atoms with van der Waals surface area (Å²) in [5.41, 5.74) is 2.47. The average molecular weight is 373 g/mol. The van der Waals surface area contributed by atoms with E-state index in [0.717, 1.165) is 35.8 Å². The summed E-state index contributed by atoms with van der Waals surface area (Å²) in [7, 11) is 0. The third kappa shape index (κ3) is 3.93. The second-order valence-corrected chi connectivity index (χ2v) is 9.78. The molecule has 0 aromatic heterocycles. The Balaban J connectivity index is 1.96. The van der Waals surface area contributed by atoms with Crippen molar-refractivity contribution in [1.29, 1.82) is 0 Å². The largest absolute Gasteiger partial charge is 0.394 e. The van der Waals surface area contributed by atoms with Crippen molar-refractivity contribution >= 4 is 11.5 Å². The van der Waals surface area contributed by atoms with Crippen molar-refractivity contribution in [2.45, 2.75) is 71.4 Å². The highest BCUT2D eigenvalue weighted by Gasteiger charge is 2.47. The van der Waals surface area contributed by atoms with Gasteiger partial charge < -0.3 is 10.4 Å². The number of hydrogen-bond acceptors (Lipinski definition) is 4. The fraction of sp³-hybridized carbons (Fsp3) is 0.696. The zero-order valence-corrected chi connectivity index (χ0v) is 17.8. The van der Waals surface area contributed by atoms with Crippen LogP contribution in [-0.4, -0.2) is 47.1 Å². The van der Waals surface area contributed by atoms with Crippen LogP contribution in [0, 0.1) is 11.8 Å². The maximum absolute atomic E-state index is 13.5. The molecule has 2 aliphatic carbocycles. The first-order valence-corrected chi connectivity index (χ1v) is 10.4. The lowest BCUT2D eigenvalue weighted by molar-refractivity contribution is 0.0595. The molecule has 0 amide bonds. The molecule has 4 nitrogen and oxygen atoms in total. The number of rotatable bonds is 7. The van der Waals surface area contributed by atoms with Crippen molar-refractivity contribution in [3.63, 3.8) is 0 Å². The molecule has 0 spiro atoms. The maximum atomic E-state index is 13.5. The fourth-order valence-corrected chi connectivity index (χ4v) is 4.38. The lowest BCUT2D eigenvalue weighted by atomic mass is 9.63. The predicted octanol–water partition coefficient (Wildman–Crippen LogP) is 4.08. The van der Waals surface area contributed by atoms with Gasteiger partial charge in [-0.15, -0.1) is 0 Å². The minimum Gasteiger partial charge on any atom is -0.394 e. The molecule has 3 rings (SSSR count). The number of likely N-dealkylation sites (N-methyl/N-ethyl adjacent to an activating group) is 1. The first kappa shape index (κ1) is 20.3. The van der Waals surface area contributed by atoms with E-state index in [4.69, 9.17) is 0 Å². The third-order valence-electron chi connectivity index (χ3n) is 6.73. The summed E-state index contributed by atoms with van der Waals surface area (Å²) in [6.07, 6.45) is 2.61. The normalized spacial score (nSPS) is 24.8. The quantitative estimate of drug-likeness (QED) is 0.757. The number of nitrogens with one attached hydrogen (secondary N) is 1. The SMILES string of the molecule is CCN(CC1CC1)[C@@H]1C(=O)c2ccc(NC(C)(C)CO)cc2C(C)(C)[C@H]1C. The molecular weight excluding hydrogens is 336 g/mol. The highest BCUT2D eigenvalue weighted by Crippen LogP contribution is 2.44. The summed E-state index contributed by atoms with van der Waals surface area (Å²) in [6, 6.07) is 6.05. The average Bonchev–Trinajstić information content (AvgIpc) is 3.43. The van der Waals surface area contributed by atoms with Crippen LogP contribution in [0.25, 0.3) is 0 Å². The van der Waals surface area contributed by atoms with Crippen molar-refractivity contribution in [2.24, 2.45) is 11.8 Å². The van der Waals surface area contributed by atoms with Gasteiger partial charge in [0.05, 0.1) is 18.2 Å². The highest BCUT2D eigenvalue weighted by atomic mass is 16.3. The molecule has 1 aromatic carbocycles. The zero-order chi connectivity index (χ0) is 20.0. The molecule has 2 aliphatic rings. The van der Waals surface area contributed by atoms with E-state index in [9.17, 15) is 9.90 Å².